The molecular weight excluding hydrogens is 316 g/mol. The highest BCUT2D eigenvalue weighted by molar-refractivity contribution is 5.56. The van der Waals surface area contributed by atoms with Gasteiger partial charge in [0, 0.05) is 49.2 Å². The lowest BCUT2D eigenvalue weighted by molar-refractivity contribution is 0.394. The molecule has 0 saturated carbocycles. The van der Waals surface area contributed by atoms with Crippen LogP contribution in [0.5, 0.6) is 11.5 Å². The number of anilines is 2. The number of nitrogens with one attached hydrogen (secondary N) is 1. The normalized spacial score (nSPS) is 16.8. The second-order valence-electron chi connectivity index (χ2n) is 6.02. The summed E-state index contributed by atoms with van der Waals surface area (Å²) in [6, 6.07) is 11.9. The minimum absolute atomic E-state index is 0.263. The van der Waals surface area contributed by atoms with Crippen LogP contribution in [0.15, 0.2) is 36.5 Å². The number of nitriles is 1. The third kappa shape index (κ3) is 3.94. The summed E-state index contributed by atoms with van der Waals surface area (Å²) in [4.78, 5) is 6.58. The average Bonchev–Trinajstić information content (AvgIpc) is 2.67. The molecule has 6 nitrogen and oxygen atoms in total. The molecule has 1 N–H and O–H groups in total. The number of ether oxygens (including phenoxy) is 2. The third-order valence-corrected chi connectivity index (χ3v) is 4.35. The first-order chi connectivity index (χ1) is 12.2. The van der Waals surface area contributed by atoms with Gasteiger partial charge in [0.05, 0.1) is 19.8 Å². The van der Waals surface area contributed by atoms with Crippen molar-refractivity contribution in [3.8, 4) is 17.6 Å². The Labute approximate surface area is 148 Å². The van der Waals surface area contributed by atoms with E-state index in [1.54, 1.807) is 26.5 Å². The summed E-state index contributed by atoms with van der Waals surface area (Å²) < 4.78 is 10.7. The number of hydrogen-bond donors (Lipinski definition) is 1. The van der Waals surface area contributed by atoms with Crippen LogP contribution in [-0.2, 0) is 0 Å². The van der Waals surface area contributed by atoms with E-state index in [1.165, 1.54) is 0 Å². The van der Waals surface area contributed by atoms with Crippen molar-refractivity contribution >= 4 is 11.5 Å². The molecule has 3 rings (SSSR count). The maximum atomic E-state index is 9.31. The van der Waals surface area contributed by atoms with Crippen molar-refractivity contribution in [1.29, 1.82) is 5.26 Å². The number of pyridine rings is 1. The molecule has 0 unspecified atom stereocenters. The minimum Gasteiger partial charge on any atom is -0.497 e. The Morgan fingerprint density at radius 1 is 1.24 bits per heavy atom. The average molecular weight is 338 g/mol. The first-order valence-electron chi connectivity index (χ1n) is 8.33. The van der Waals surface area contributed by atoms with E-state index in [1.807, 2.05) is 24.3 Å². The number of methoxy groups -OCH3 is 2. The maximum absolute atomic E-state index is 9.31. The van der Waals surface area contributed by atoms with Gasteiger partial charge in [0.2, 0.25) is 0 Å². The molecule has 2 heterocycles. The summed E-state index contributed by atoms with van der Waals surface area (Å²) in [5.74, 6) is 2.27. The summed E-state index contributed by atoms with van der Waals surface area (Å²) in [5, 5.41) is 12.9. The van der Waals surface area contributed by atoms with Crippen molar-refractivity contribution in [2.75, 3.05) is 37.5 Å². The Morgan fingerprint density at radius 3 is 2.68 bits per heavy atom. The zero-order valence-electron chi connectivity index (χ0n) is 14.5. The highest BCUT2D eigenvalue weighted by atomic mass is 16.5. The molecule has 6 heteroatoms. The summed E-state index contributed by atoms with van der Waals surface area (Å²) in [6.45, 7) is 1.70. The van der Waals surface area contributed by atoms with E-state index < -0.39 is 0 Å². The SMILES string of the molecule is COc1cc(N[C@@H]2CCCN(c3ncccc3C#N)C2)cc(OC)c1. The molecule has 1 saturated heterocycles. The van der Waals surface area contributed by atoms with Crippen molar-refractivity contribution in [2.45, 2.75) is 18.9 Å². The van der Waals surface area contributed by atoms with Crippen LogP contribution in [-0.4, -0.2) is 38.3 Å². The summed E-state index contributed by atoms with van der Waals surface area (Å²) >= 11 is 0. The van der Waals surface area contributed by atoms with E-state index in [2.05, 4.69) is 21.3 Å². The number of aromatic nitrogens is 1. The molecule has 1 aromatic heterocycles. The predicted octanol–water partition coefficient (Wildman–Crippen LogP) is 3.05. The molecule has 1 fully saturated rings. The largest absolute Gasteiger partial charge is 0.497 e. The Kier molecular flexibility index (Phi) is 5.24. The number of nitrogens with zero attached hydrogens (tertiary/aromatic N) is 3. The van der Waals surface area contributed by atoms with Gasteiger partial charge in [-0.05, 0) is 25.0 Å². The Morgan fingerprint density at radius 2 is 2.00 bits per heavy atom. The molecule has 0 aliphatic carbocycles. The second-order valence-corrected chi connectivity index (χ2v) is 6.02. The highest BCUT2D eigenvalue weighted by Crippen LogP contribution is 2.28. The Bertz CT molecular complexity index is 750. The maximum Gasteiger partial charge on any atom is 0.146 e. The quantitative estimate of drug-likeness (QED) is 0.903. The first-order valence-corrected chi connectivity index (χ1v) is 8.33. The minimum atomic E-state index is 0.263. The van der Waals surface area contributed by atoms with Crippen LogP contribution < -0.4 is 19.7 Å². The fourth-order valence-corrected chi connectivity index (χ4v) is 3.15. The van der Waals surface area contributed by atoms with Crippen LogP contribution in [0.3, 0.4) is 0 Å². The molecule has 130 valence electrons. The zero-order chi connectivity index (χ0) is 17.6. The van der Waals surface area contributed by atoms with Crippen molar-refractivity contribution < 1.29 is 9.47 Å². The van der Waals surface area contributed by atoms with Crippen molar-refractivity contribution in [3.63, 3.8) is 0 Å². The number of piperidine rings is 1. The van der Waals surface area contributed by atoms with Gasteiger partial charge in [-0.2, -0.15) is 5.26 Å². The number of rotatable bonds is 5. The van der Waals surface area contributed by atoms with Gasteiger partial charge in [0.25, 0.3) is 0 Å². The molecule has 0 bridgehead atoms. The van der Waals surface area contributed by atoms with Gasteiger partial charge in [-0.3, -0.25) is 0 Å². The van der Waals surface area contributed by atoms with Gasteiger partial charge in [0.15, 0.2) is 0 Å². The molecule has 1 atom stereocenters. The third-order valence-electron chi connectivity index (χ3n) is 4.35. The number of benzene rings is 1. The van der Waals surface area contributed by atoms with E-state index in [-0.39, 0.29) is 6.04 Å². The molecule has 25 heavy (non-hydrogen) atoms. The lowest BCUT2D eigenvalue weighted by atomic mass is 10.0. The van der Waals surface area contributed by atoms with Crippen LogP contribution >= 0.6 is 0 Å². The second kappa shape index (κ2) is 7.75. The van der Waals surface area contributed by atoms with Gasteiger partial charge >= 0.3 is 0 Å². The summed E-state index contributed by atoms with van der Waals surface area (Å²) in [6.07, 6.45) is 3.84. The molecule has 1 aliphatic heterocycles. The molecule has 0 spiro atoms. The van der Waals surface area contributed by atoms with Crippen LogP contribution in [0, 0.1) is 11.3 Å². The molecule has 0 amide bonds. The van der Waals surface area contributed by atoms with Crippen molar-refractivity contribution in [3.05, 3.63) is 42.1 Å². The predicted molar refractivity (Wildman–Crippen MR) is 97.4 cm³/mol. The Balaban J connectivity index is 1.75. The number of hydrogen-bond acceptors (Lipinski definition) is 6. The van der Waals surface area contributed by atoms with Crippen LogP contribution in [0.25, 0.3) is 0 Å². The highest BCUT2D eigenvalue weighted by Gasteiger charge is 2.23. The van der Waals surface area contributed by atoms with Crippen molar-refractivity contribution in [1.82, 2.24) is 4.98 Å². The molecule has 2 aromatic rings. The van der Waals surface area contributed by atoms with E-state index in [0.29, 0.717) is 5.56 Å². The topological polar surface area (TPSA) is 70.4 Å². The van der Waals surface area contributed by atoms with Gasteiger partial charge < -0.3 is 19.7 Å². The zero-order valence-corrected chi connectivity index (χ0v) is 14.5. The van der Waals surface area contributed by atoms with Gasteiger partial charge in [-0.25, -0.2) is 4.98 Å². The lowest BCUT2D eigenvalue weighted by Gasteiger charge is -2.34. The molecular formula is C19H22N4O2. The monoisotopic (exact) mass is 338 g/mol. The van der Waals surface area contributed by atoms with Crippen LogP contribution in [0.1, 0.15) is 18.4 Å². The fourth-order valence-electron chi connectivity index (χ4n) is 3.15. The standard InChI is InChI=1S/C19H22N4O2/c1-24-17-9-16(10-18(11-17)25-2)22-15-6-4-8-23(13-15)19-14(12-20)5-3-7-21-19/h3,5,7,9-11,15,22H,4,6,8,13H2,1-2H3/t15-/m1/s1. The van der Waals surface area contributed by atoms with Gasteiger partial charge in [0.1, 0.15) is 23.4 Å². The van der Waals surface area contributed by atoms with Crippen LogP contribution in [0.2, 0.25) is 0 Å². The van der Waals surface area contributed by atoms with Gasteiger partial charge in [-0.1, -0.05) is 0 Å². The van der Waals surface area contributed by atoms with E-state index >= 15 is 0 Å². The lowest BCUT2D eigenvalue weighted by Crippen LogP contribution is -2.42. The fraction of sp³-hybridized carbons (Fsp3) is 0.368. The first kappa shape index (κ1) is 16.9. The van der Waals surface area contributed by atoms with Gasteiger partial charge in [-0.15, -0.1) is 0 Å². The smallest absolute Gasteiger partial charge is 0.146 e. The van der Waals surface area contributed by atoms with Crippen molar-refractivity contribution in [2.24, 2.45) is 0 Å². The summed E-state index contributed by atoms with van der Waals surface area (Å²) in [5.41, 5.74) is 1.58. The molecule has 1 aromatic carbocycles. The van der Waals surface area contributed by atoms with Crippen LogP contribution in [0.4, 0.5) is 11.5 Å². The van der Waals surface area contributed by atoms with E-state index in [9.17, 15) is 5.26 Å². The van der Waals surface area contributed by atoms with E-state index in [0.717, 1.165) is 48.9 Å². The summed E-state index contributed by atoms with van der Waals surface area (Å²) in [7, 11) is 3.29. The molecule has 1 aliphatic rings. The van der Waals surface area contributed by atoms with E-state index in [4.69, 9.17) is 9.47 Å². The Hall–Kier alpha value is -2.94. The molecule has 0 radical (unpaired) electrons.